The Morgan fingerprint density at radius 1 is 1.29 bits per heavy atom. The first-order valence-electron chi connectivity index (χ1n) is 5.42. The van der Waals surface area contributed by atoms with Gasteiger partial charge < -0.3 is 15.5 Å². The molecule has 0 aliphatic carbocycles. The highest BCUT2D eigenvalue weighted by Gasteiger charge is 1.99. The van der Waals surface area contributed by atoms with Gasteiger partial charge in [0.25, 0.3) is 0 Å². The predicted octanol–water partition coefficient (Wildman–Crippen LogP) is 1.54. The van der Waals surface area contributed by atoms with E-state index in [1.165, 1.54) is 5.69 Å². The van der Waals surface area contributed by atoms with Crippen LogP contribution in [0.15, 0.2) is 35.3 Å². The fourth-order valence-electron chi connectivity index (χ4n) is 1.43. The van der Waals surface area contributed by atoms with Crippen LogP contribution in [0.3, 0.4) is 0 Å². The second kappa shape index (κ2) is 9.09. The number of likely N-dealkylation sites (N-methyl/N-ethyl adjacent to an activating group) is 1. The third-order valence-corrected chi connectivity index (χ3v) is 2.40. The van der Waals surface area contributed by atoms with Crippen molar-refractivity contribution < 1.29 is 0 Å². The van der Waals surface area contributed by atoms with Crippen LogP contribution in [0.4, 0.5) is 5.69 Å². The molecule has 5 heteroatoms. The van der Waals surface area contributed by atoms with Crippen LogP contribution in [-0.2, 0) is 0 Å². The molecule has 0 heterocycles. The summed E-state index contributed by atoms with van der Waals surface area (Å²) in [6, 6.07) is 10.3. The number of nitrogens with one attached hydrogen (secondary N) is 2. The lowest BCUT2D eigenvalue weighted by Crippen LogP contribution is -2.39. The highest BCUT2D eigenvalue weighted by Crippen LogP contribution is 2.09. The van der Waals surface area contributed by atoms with Gasteiger partial charge in [-0.15, -0.1) is 24.0 Å². The van der Waals surface area contributed by atoms with Crippen molar-refractivity contribution in [3.8, 4) is 0 Å². The second-order valence-corrected chi connectivity index (χ2v) is 3.51. The Labute approximate surface area is 121 Å². The van der Waals surface area contributed by atoms with Crippen molar-refractivity contribution in [2.24, 2.45) is 4.99 Å². The summed E-state index contributed by atoms with van der Waals surface area (Å²) >= 11 is 0. The van der Waals surface area contributed by atoms with Gasteiger partial charge in [-0.05, 0) is 12.1 Å². The van der Waals surface area contributed by atoms with Gasteiger partial charge in [0.15, 0.2) is 5.96 Å². The molecule has 1 aromatic carbocycles. The van der Waals surface area contributed by atoms with Gasteiger partial charge in [0.1, 0.15) is 0 Å². The summed E-state index contributed by atoms with van der Waals surface area (Å²) in [4.78, 5) is 6.26. The Hall–Kier alpha value is -0.980. The molecule has 0 atom stereocenters. The first kappa shape index (κ1) is 16.0. The van der Waals surface area contributed by atoms with Gasteiger partial charge in [-0.3, -0.25) is 4.99 Å². The number of nitrogens with zero attached hydrogens (tertiary/aromatic N) is 2. The van der Waals surface area contributed by atoms with Crippen molar-refractivity contribution in [1.82, 2.24) is 10.6 Å². The number of hydrogen-bond donors (Lipinski definition) is 2. The average molecular weight is 348 g/mol. The fraction of sp³-hybridized carbons (Fsp3) is 0.417. The highest BCUT2D eigenvalue weighted by molar-refractivity contribution is 14.0. The molecule has 0 aliphatic rings. The van der Waals surface area contributed by atoms with Crippen LogP contribution in [0.2, 0.25) is 0 Å². The molecule has 0 amide bonds. The third-order valence-electron chi connectivity index (χ3n) is 2.40. The summed E-state index contributed by atoms with van der Waals surface area (Å²) in [5.74, 6) is 0.821. The lowest BCUT2D eigenvalue weighted by atomic mass is 10.3. The van der Waals surface area contributed by atoms with Crippen LogP contribution in [0.25, 0.3) is 0 Å². The maximum Gasteiger partial charge on any atom is 0.190 e. The molecular weight excluding hydrogens is 327 g/mol. The van der Waals surface area contributed by atoms with Gasteiger partial charge in [0.2, 0.25) is 0 Å². The van der Waals surface area contributed by atoms with E-state index in [-0.39, 0.29) is 24.0 Å². The smallest absolute Gasteiger partial charge is 0.190 e. The lowest BCUT2D eigenvalue weighted by molar-refractivity contribution is 0.802. The molecule has 0 saturated heterocycles. The minimum Gasteiger partial charge on any atom is -0.373 e. The number of aliphatic imine (C=N–C) groups is 1. The van der Waals surface area contributed by atoms with Crippen LogP contribution in [-0.4, -0.2) is 40.2 Å². The molecular formula is C12H21IN4. The zero-order chi connectivity index (χ0) is 11.8. The highest BCUT2D eigenvalue weighted by atomic mass is 127. The van der Waals surface area contributed by atoms with Gasteiger partial charge >= 0.3 is 0 Å². The van der Waals surface area contributed by atoms with E-state index in [1.807, 2.05) is 25.2 Å². The van der Waals surface area contributed by atoms with Crippen LogP contribution in [0, 0.1) is 0 Å². The molecule has 0 fully saturated rings. The number of para-hydroxylation sites is 1. The van der Waals surface area contributed by atoms with Gasteiger partial charge in [-0.25, -0.2) is 0 Å². The van der Waals surface area contributed by atoms with E-state index in [2.05, 4.69) is 39.7 Å². The van der Waals surface area contributed by atoms with Crippen molar-refractivity contribution in [3.05, 3.63) is 30.3 Å². The zero-order valence-electron chi connectivity index (χ0n) is 10.6. The van der Waals surface area contributed by atoms with Crippen LogP contribution >= 0.6 is 24.0 Å². The Morgan fingerprint density at radius 2 is 1.94 bits per heavy atom. The summed E-state index contributed by atoms with van der Waals surface area (Å²) in [7, 11) is 5.70. The zero-order valence-corrected chi connectivity index (χ0v) is 12.9. The predicted molar refractivity (Wildman–Crippen MR) is 85.5 cm³/mol. The molecule has 1 rings (SSSR count). The normalized spacial score (nSPS) is 10.4. The second-order valence-electron chi connectivity index (χ2n) is 3.51. The largest absolute Gasteiger partial charge is 0.373 e. The molecule has 0 saturated carbocycles. The van der Waals surface area contributed by atoms with E-state index in [4.69, 9.17) is 0 Å². The monoisotopic (exact) mass is 348 g/mol. The lowest BCUT2D eigenvalue weighted by Gasteiger charge is -2.19. The fourth-order valence-corrected chi connectivity index (χ4v) is 1.43. The molecule has 17 heavy (non-hydrogen) atoms. The molecule has 1 aromatic rings. The van der Waals surface area contributed by atoms with Gasteiger partial charge in [0.05, 0.1) is 0 Å². The maximum atomic E-state index is 4.05. The standard InChI is InChI=1S/C12H20N4.HI/c1-13-12(14-2)15-9-10-16(3)11-7-5-4-6-8-11;/h4-8H,9-10H2,1-3H3,(H2,13,14,15);1H. The Balaban J connectivity index is 0.00000256. The summed E-state index contributed by atoms with van der Waals surface area (Å²) in [6.07, 6.45) is 0. The molecule has 4 nitrogen and oxygen atoms in total. The number of rotatable bonds is 4. The molecule has 0 bridgehead atoms. The van der Waals surface area contributed by atoms with E-state index in [0.717, 1.165) is 19.0 Å². The van der Waals surface area contributed by atoms with Crippen LogP contribution in [0.1, 0.15) is 0 Å². The van der Waals surface area contributed by atoms with E-state index >= 15 is 0 Å². The molecule has 0 radical (unpaired) electrons. The Kier molecular flexibility index (Phi) is 8.57. The van der Waals surface area contributed by atoms with Crippen molar-refractivity contribution in [2.75, 3.05) is 39.1 Å². The van der Waals surface area contributed by atoms with E-state index in [1.54, 1.807) is 7.05 Å². The number of hydrogen-bond acceptors (Lipinski definition) is 2. The van der Waals surface area contributed by atoms with E-state index < -0.39 is 0 Å². The summed E-state index contributed by atoms with van der Waals surface area (Å²) in [6.45, 7) is 1.80. The van der Waals surface area contributed by atoms with Crippen molar-refractivity contribution in [3.63, 3.8) is 0 Å². The average Bonchev–Trinajstić information content (AvgIpc) is 2.35. The Morgan fingerprint density at radius 3 is 2.47 bits per heavy atom. The molecule has 2 N–H and O–H groups in total. The van der Waals surface area contributed by atoms with Crippen molar-refractivity contribution in [1.29, 1.82) is 0 Å². The van der Waals surface area contributed by atoms with Crippen molar-refractivity contribution in [2.45, 2.75) is 0 Å². The summed E-state index contributed by atoms with van der Waals surface area (Å²) in [5.41, 5.74) is 1.23. The van der Waals surface area contributed by atoms with Gasteiger partial charge in [0, 0.05) is 39.9 Å². The molecule has 96 valence electrons. The van der Waals surface area contributed by atoms with E-state index in [9.17, 15) is 0 Å². The van der Waals surface area contributed by atoms with Crippen LogP contribution in [0.5, 0.6) is 0 Å². The van der Waals surface area contributed by atoms with Gasteiger partial charge in [-0.2, -0.15) is 0 Å². The minimum absolute atomic E-state index is 0. The first-order chi connectivity index (χ1) is 7.77. The first-order valence-corrected chi connectivity index (χ1v) is 5.42. The molecule has 0 aliphatic heterocycles. The molecule has 0 spiro atoms. The quantitative estimate of drug-likeness (QED) is 0.493. The number of anilines is 1. The molecule has 0 aromatic heterocycles. The SMILES string of the molecule is CN=C(NC)NCCN(C)c1ccccc1.I. The number of guanidine groups is 1. The topological polar surface area (TPSA) is 39.7 Å². The number of benzene rings is 1. The maximum absolute atomic E-state index is 4.05. The summed E-state index contributed by atoms with van der Waals surface area (Å²) < 4.78 is 0. The Bertz CT molecular complexity index is 327. The number of halogens is 1. The van der Waals surface area contributed by atoms with Gasteiger partial charge in [-0.1, -0.05) is 18.2 Å². The van der Waals surface area contributed by atoms with Crippen LogP contribution < -0.4 is 15.5 Å². The molecule has 0 unspecified atom stereocenters. The third kappa shape index (κ3) is 5.76. The van der Waals surface area contributed by atoms with Crippen molar-refractivity contribution >= 4 is 35.6 Å². The minimum atomic E-state index is 0. The summed E-state index contributed by atoms with van der Waals surface area (Å²) in [5, 5.41) is 6.20. The van der Waals surface area contributed by atoms with E-state index in [0.29, 0.717) is 0 Å².